The van der Waals surface area contributed by atoms with E-state index in [1.165, 1.54) is 41.0 Å². The highest BCUT2D eigenvalue weighted by Crippen LogP contribution is 2.52. The molecule has 0 bridgehead atoms. The second kappa shape index (κ2) is 41.3. The van der Waals surface area contributed by atoms with Crippen LogP contribution in [0.2, 0.25) is 0 Å². The second-order valence-corrected chi connectivity index (χ2v) is 21.4. The van der Waals surface area contributed by atoms with Gasteiger partial charge in [0.15, 0.2) is 5.78 Å². The standard InChI is InChI=1S/C14H12O.C9H7F3N2.C9H11N3.2C8H9N3.2C7H6N6.C7H7N3/c1-11-7-9-13(10-8-11)14(15)12-5-3-2-4-6-12;1-6-2-4-7(5-3-6)8(13-14-8)9(10,11)12;1-6-4-7(2)9(11-12-10)8(3)5-6;1-6-3-4-8(10-11-9)7(2)5-6;1-6-3-4-7(2)8(5-6)10-11-9;1-5-2-6(10-12-8)4-7(3-5)11-13-9;1-5-2-3-6(10-12-8)4-7(5)11-13-9;1-6-4-2-3-5-7(6)9-10-8/h2-10H,1H3;2-5H,1H3;4-5H,1-3H3;2*3-5H,1-2H3;2*2-4H,1H3;2-5H,1H3. The Labute approximate surface area is 568 Å². The van der Waals surface area contributed by atoms with Crippen LogP contribution >= 0.6 is 0 Å². The molecule has 1 aliphatic heterocycles. The van der Waals surface area contributed by atoms with E-state index in [2.05, 4.69) is 90.4 Å². The summed E-state index contributed by atoms with van der Waals surface area (Å²) in [4.78, 5) is 33.4. The van der Waals surface area contributed by atoms with Gasteiger partial charge >= 0.3 is 11.8 Å². The fourth-order valence-electron chi connectivity index (χ4n) is 8.46. The van der Waals surface area contributed by atoms with Gasteiger partial charge in [-0.3, -0.25) is 4.79 Å². The number of halogens is 3. The highest BCUT2D eigenvalue weighted by atomic mass is 19.4. The van der Waals surface area contributed by atoms with Gasteiger partial charge in [0.1, 0.15) is 0 Å². The number of carbonyl (C=O) groups is 1. The van der Waals surface area contributed by atoms with Crippen molar-refractivity contribution in [2.45, 2.75) is 94.9 Å². The summed E-state index contributed by atoms with van der Waals surface area (Å²) in [6, 6.07) is 55.9. The van der Waals surface area contributed by atoms with Gasteiger partial charge in [-0.25, -0.2) is 0 Å². The van der Waals surface area contributed by atoms with Crippen LogP contribution < -0.4 is 0 Å². The van der Waals surface area contributed by atoms with Crippen LogP contribution in [0.3, 0.4) is 0 Å². The first-order chi connectivity index (χ1) is 47.2. The van der Waals surface area contributed by atoms with E-state index in [4.69, 9.17) is 44.2 Å². The molecule has 0 saturated heterocycles. The van der Waals surface area contributed by atoms with E-state index in [0.29, 0.717) is 39.8 Å². The van der Waals surface area contributed by atoms with Crippen LogP contribution in [-0.4, -0.2) is 12.0 Å². The van der Waals surface area contributed by atoms with Crippen LogP contribution in [0.4, 0.5) is 58.7 Å². The van der Waals surface area contributed by atoms with Gasteiger partial charge in [-0.05, 0) is 191 Å². The van der Waals surface area contributed by atoms with Crippen molar-refractivity contribution in [3.05, 3.63) is 355 Å². The summed E-state index contributed by atoms with van der Waals surface area (Å²) in [5, 5.41) is 34.0. The Morgan fingerprint density at radius 2 is 0.697 bits per heavy atom. The monoisotopic (exact) mass is 1330 g/mol. The Morgan fingerprint density at radius 3 is 1.17 bits per heavy atom. The molecule has 1 aliphatic rings. The molecule has 0 amide bonds. The van der Waals surface area contributed by atoms with E-state index in [9.17, 15) is 18.0 Å². The maximum atomic E-state index is 12.5. The molecular formula is C69H67F3N26O. The lowest BCUT2D eigenvalue weighted by Gasteiger charge is -2.14. The number of azide groups is 8. The number of rotatable bonds is 11. The van der Waals surface area contributed by atoms with Crippen LogP contribution in [-0.2, 0) is 5.66 Å². The minimum atomic E-state index is -4.43. The normalized spacial score (nSPS) is 10.3. The molecule has 1 heterocycles. The lowest BCUT2D eigenvalue weighted by Crippen LogP contribution is -2.29. The summed E-state index contributed by atoms with van der Waals surface area (Å²) in [5.74, 6) is 0.0793. The van der Waals surface area contributed by atoms with Gasteiger partial charge in [-0.1, -0.05) is 232 Å². The Kier molecular flexibility index (Phi) is 33.3. The molecule has 9 aromatic carbocycles. The zero-order chi connectivity index (χ0) is 73.5. The number of hydrogen-bond acceptors (Lipinski definition) is 11. The molecular weight excluding hydrogens is 1270 g/mol. The molecule has 99 heavy (non-hydrogen) atoms. The van der Waals surface area contributed by atoms with E-state index in [-0.39, 0.29) is 11.3 Å². The van der Waals surface area contributed by atoms with Crippen molar-refractivity contribution in [3.8, 4) is 0 Å². The lowest BCUT2D eigenvalue weighted by atomic mass is 10.0. The maximum Gasteiger partial charge on any atom is 0.442 e. The summed E-state index contributed by atoms with van der Waals surface area (Å²) >= 11 is 0. The highest BCUT2D eigenvalue weighted by molar-refractivity contribution is 6.08. The van der Waals surface area contributed by atoms with Gasteiger partial charge in [0.25, 0.3) is 0 Å². The van der Waals surface area contributed by atoms with Crippen LogP contribution in [0.25, 0.3) is 83.5 Å². The van der Waals surface area contributed by atoms with Gasteiger partial charge in [0.05, 0.1) is 0 Å². The Balaban J connectivity index is 0.000000295. The molecule has 10 rings (SSSR count). The summed E-state index contributed by atoms with van der Waals surface area (Å²) < 4.78 is 37.5. The first-order valence-electron chi connectivity index (χ1n) is 29.4. The summed E-state index contributed by atoms with van der Waals surface area (Å²) in [6.45, 7) is 23.1. The average Bonchev–Trinajstić information content (AvgIpc) is 1.58. The van der Waals surface area contributed by atoms with E-state index in [0.717, 1.165) is 66.9 Å². The number of ketones is 1. The third-order valence-electron chi connectivity index (χ3n) is 13.4. The third kappa shape index (κ3) is 27.6. The van der Waals surface area contributed by atoms with Crippen molar-refractivity contribution in [3.63, 3.8) is 0 Å². The van der Waals surface area contributed by atoms with Crippen LogP contribution in [0, 0.1) is 83.1 Å². The van der Waals surface area contributed by atoms with Gasteiger partial charge in [-0.2, -0.15) is 13.2 Å². The molecule has 30 heteroatoms. The van der Waals surface area contributed by atoms with E-state index < -0.39 is 11.8 Å². The van der Waals surface area contributed by atoms with Gasteiger partial charge in [0.2, 0.25) is 0 Å². The molecule has 500 valence electrons. The van der Waals surface area contributed by atoms with Crippen LogP contribution in [0.5, 0.6) is 0 Å². The zero-order valence-corrected chi connectivity index (χ0v) is 56.1. The van der Waals surface area contributed by atoms with E-state index in [1.54, 1.807) is 42.5 Å². The molecule has 0 N–H and O–H groups in total. The predicted octanol–water partition coefficient (Wildman–Crippen LogP) is 27.1. The van der Waals surface area contributed by atoms with Crippen molar-refractivity contribution in [1.82, 2.24) is 0 Å². The predicted molar refractivity (Wildman–Crippen MR) is 381 cm³/mol. The topological polar surface area (TPSA) is 432 Å². The van der Waals surface area contributed by atoms with Crippen molar-refractivity contribution in [2.24, 2.45) is 51.1 Å². The number of benzene rings is 9. The molecule has 0 spiro atoms. The molecule has 27 nitrogen and oxygen atoms in total. The van der Waals surface area contributed by atoms with Gasteiger partial charge < -0.3 is 0 Å². The van der Waals surface area contributed by atoms with Crippen molar-refractivity contribution >= 4 is 51.3 Å². The van der Waals surface area contributed by atoms with E-state index >= 15 is 0 Å². The minimum Gasteiger partial charge on any atom is -0.289 e. The Hall–Kier alpha value is -13.5. The molecule has 0 atom stereocenters. The van der Waals surface area contributed by atoms with Crippen molar-refractivity contribution in [2.75, 3.05) is 0 Å². The molecule has 0 aromatic heterocycles. The minimum absolute atomic E-state index is 0.0793. The quantitative estimate of drug-likeness (QED) is 0.0518. The second-order valence-electron chi connectivity index (χ2n) is 21.4. The first kappa shape index (κ1) is 79.8. The summed E-state index contributed by atoms with van der Waals surface area (Å²) in [6.07, 6.45) is -4.43. The third-order valence-corrected chi connectivity index (χ3v) is 13.4. The molecule has 0 aliphatic carbocycles. The molecule has 0 radical (unpaired) electrons. The largest absolute Gasteiger partial charge is 0.442 e. The van der Waals surface area contributed by atoms with Crippen LogP contribution in [0.1, 0.15) is 88.2 Å². The highest BCUT2D eigenvalue weighted by Gasteiger charge is 2.65. The molecule has 9 aromatic rings. The van der Waals surface area contributed by atoms with Crippen LogP contribution in [0.15, 0.2) is 239 Å². The van der Waals surface area contributed by atoms with Crippen molar-refractivity contribution in [1.29, 1.82) is 0 Å². The molecule has 0 fully saturated rings. The molecule has 0 unspecified atom stereocenters. The van der Waals surface area contributed by atoms with E-state index in [1.807, 2.05) is 204 Å². The Morgan fingerprint density at radius 1 is 0.323 bits per heavy atom. The first-order valence-corrected chi connectivity index (χ1v) is 29.4. The summed E-state index contributed by atoms with van der Waals surface area (Å²) in [7, 11) is 0. The smallest absolute Gasteiger partial charge is 0.289 e. The van der Waals surface area contributed by atoms with Gasteiger partial charge in [-0.15, -0.1) is 10.2 Å². The van der Waals surface area contributed by atoms with Crippen molar-refractivity contribution < 1.29 is 18.0 Å². The lowest BCUT2D eigenvalue weighted by molar-refractivity contribution is -0.166. The number of nitrogens with zero attached hydrogens (tertiary/aromatic N) is 26. The SMILES string of the molecule is Cc1cc(C)c(N=[N+]=[N-])c(C)c1.Cc1cc(N=[N+]=[N-])cc(N=[N+]=[N-])c1.Cc1ccc(C(=O)c2ccccc2)cc1.Cc1ccc(C)c(N=[N+]=[N-])c1.Cc1ccc(C2(C(F)(F)F)N=N2)cc1.Cc1ccc(N=[N+]=[N-])c(C)c1.Cc1ccc(N=[N+]=[N-])cc1N=[N+]=[N-].Cc1ccccc1N=[N+]=[N-]. The fraction of sp³-hybridized carbons (Fsp3) is 0.203. The Bertz CT molecular complexity index is 4630. The maximum absolute atomic E-state index is 12.5. The number of aryl methyl sites for hydroxylation is 12. The number of hydrogen-bond donors (Lipinski definition) is 0. The number of alkyl halides is 3. The zero-order valence-electron chi connectivity index (χ0n) is 56.1. The van der Waals surface area contributed by atoms with Gasteiger partial charge in [0, 0.05) is 101 Å². The summed E-state index contributed by atoms with van der Waals surface area (Å²) in [5.41, 5.74) is 81.9. The molecule has 0 saturated carbocycles. The fourth-order valence-corrected chi connectivity index (χ4v) is 8.46. The average molecular weight is 1330 g/mol. The number of carbonyl (C=O) groups excluding carboxylic acids is 1.